The molecule has 0 unspecified atom stereocenters. The van der Waals surface area contributed by atoms with Crippen LogP contribution in [0.4, 0.5) is 24.5 Å². The summed E-state index contributed by atoms with van der Waals surface area (Å²) < 4.78 is 41.7. The van der Waals surface area contributed by atoms with E-state index < -0.39 is 33.7 Å². The van der Waals surface area contributed by atoms with Crippen LogP contribution < -0.4 is 10.6 Å². The second-order valence-electron chi connectivity index (χ2n) is 19.1. The molecule has 0 aromatic heterocycles. The topological polar surface area (TPSA) is 92.3 Å². The Hall–Kier alpha value is -2.79. The molecule has 2 aromatic rings. The monoisotopic (exact) mass is 832 g/mol. The third-order valence-corrected chi connectivity index (χ3v) is 13.8. The van der Waals surface area contributed by atoms with Crippen molar-refractivity contribution in [2.24, 2.45) is 33.5 Å². The molecule has 2 saturated carbocycles. The van der Waals surface area contributed by atoms with Crippen molar-refractivity contribution in [3.63, 3.8) is 0 Å². The van der Waals surface area contributed by atoms with E-state index in [1.165, 1.54) is 18.6 Å². The van der Waals surface area contributed by atoms with Gasteiger partial charge in [0.05, 0.1) is 11.4 Å². The highest BCUT2D eigenvalue weighted by Gasteiger charge is 2.41. The standard InChI is InChI=1S/C23H33F2NO2S.C23H34FNO2S/c1-15(2)9-12-23(10-7-6-8-11-23)20(27)26-18-13-16(24)17(25)14-19(18)29-21(28)22(3,4)5;1-16(2)11-14-23(12-7-6-8-13-23)20(26)25-18-10-9-17(24)15-19(18)28-21(27)22(3,4)5/h13-15H,6-12H2,1-5H3,(H,26,27);9-10,15-16H,6-8,11-14H2,1-5H3,(H,25,26). The Kier molecular flexibility index (Phi) is 17.9. The molecule has 57 heavy (non-hydrogen) atoms. The molecular weight excluding hydrogens is 766 g/mol. The van der Waals surface area contributed by atoms with Crippen molar-refractivity contribution in [2.75, 3.05) is 10.6 Å². The van der Waals surface area contributed by atoms with Crippen LogP contribution in [0.15, 0.2) is 40.1 Å². The van der Waals surface area contributed by atoms with E-state index in [9.17, 15) is 32.3 Å². The van der Waals surface area contributed by atoms with Crippen LogP contribution in [0.1, 0.15) is 159 Å². The van der Waals surface area contributed by atoms with Gasteiger partial charge in [-0.05, 0) is 111 Å². The van der Waals surface area contributed by atoms with Crippen molar-refractivity contribution in [2.45, 2.75) is 169 Å². The van der Waals surface area contributed by atoms with Crippen LogP contribution >= 0.6 is 23.5 Å². The van der Waals surface area contributed by atoms with E-state index in [4.69, 9.17) is 0 Å². The number of thioether (sulfide) groups is 2. The third kappa shape index (κ3) is 14.5. The third-order valence-electron chi connectivity index (χ3n) is 11.1. The predicted molar refractivity (Wildman–Crippen MR) is 230 cm³/mol. The largest absolute Gasteiger partial charge is 0.325 e. The molecule has 0 atom stereocenters. The van der Waals surface area contributed by atoms with Crippen LogP contribution in [0, 0.1) is 50.9 Å². The predicted octanol–water partition coefficient (Wildman–Crippen LogP) is 13.8. The fraction of sp³-hybridized carbons (Fsp3) is 0.652. The number of benzene rings is 2. The summed E-state index contributed by atoms with van der Waals surface area (Å²) >= 11 is 1.85. The lowest BCUT2D eigenvalue weighted by atomic mass is 9.69. The molecule has 318 valence electrons. The molecule has 2 amide bonds. The van der Waals surface area contributed by atoms with Gasteiger partial charge in [0.2, 0.25) is 11.8 Å². The quantitative estimate of drug-likeness (QED) is 0.207. The molecule has 2 N–H and O–H groups in total. The summed E-state index contributed by atoms with van der Waals surface area (Å²) in [5, 5.41) is 5.67. The van der Waals surface area contributed by atoms with Crippen molar-refractivity contribution in [1.82, 2.24) is 0 Å². The Bertz CT molecular complexity index is 1700. The minimum atomic E-state index is -1.03. The number of amides is 2. The molecule has 6 nitrogen and oxygen atoms in total. The summed E-state index contributed by atoms with van der Waals surface area (Å²) in [4.78, 5) is 52.2. The first kappa shape index (κ1) is 48.6. The second kappa shape index (κ2) is 20.9. The van der Waals surface area contributed by atoms with E-state index in [2.05, 4.69) is 38.3 Å². The van der Waals surface area contributed by atoms with Crippen LogP contribution in [0.5, 0.6) is 0 Å². The van der Waals surface area contributed by atoms with Crippen LogP contribution in [-0.4, -0.2) is 22.0 Å². The second-order valence-corrected chi connectivity index (χ2v) is 21.2. The summed E-state index contributed by atoms with van der Waals surface area (Å²) in [6, 6.07) is 6.24. The molecule has 0 aliphatic heterocycles. The van der Waals surface area contributed by atoms with Crippen molar-refractivity contribution < 1.29 is 32.3 Å². The Morgan fingerprint density at radius 1 is 0.596 bits per heavy atom. The first-order chi connectivity index (χ1) is 26.5. The van der Waals surface area contributed by atoms with Crippen LogP contribution in [0.25, 0.3) is 0 Å². The fourth-order valence-corrected chi connectivity index (χ4v) is 8.97. The number of hydrogen-bond donors (Lipinski definition) is 2. The molecule has 0 saturated heterocycles. The van der Waals surface area contributed by atoms with Gasteiger partial charge in [-0.15, -0.1) is 0 Å². The normalized spacial score (nSPS) is 16.8. The molecule has 0 heterocycles. The van der Waals surface area contributed by atoms with E-state index in [1.807, 2.05) is 20.8 Å². The number of hydrogen-bond acceptors (Lipinski definition) is 6. The minimum Gasteiger partial charge on any atom is -0.325 e. The Morgan fingerprint density at radius 3 is 1.39 bits per heavy atom. The summed E-state index contributed by atoms with van der Waals surface area (Å²) in [5.41, 5.74) is -1.32. The Morgan fingerprint density at radius 2 is 0.982 bits per heavy atom. The SMILES string of the molecule is CC(C)CCC1(C(=O)Nc2cc(F)c(F)cc2SC(=O)C(C)(C)C)CCCCC1.CC(C)CCC1(C(=O)Nc2ccc(F)cc2SC(=O)C(C)(C)C)CCCCC1. The van der Waals surface area contributed by atoms with E-state index in [0.717, 1.165) is 119 Å². The maximum absolute atomic E-state index is 14.0. The molecular formula is C46H67F3N2O4S2. The summed E-state index contributed by atoms with van der Waals surface area (Å²) in [7, 11) is 0. The van der Waals surface area contributed by atoms with Gasteiger partial charge in [0, 0.05) is 37.5 Å². The highest BCUT2D eigenvalue weighted by Crippen LogP contribution is 2.45. The molecule has 0 spiro atoms. The van der Waals surface area contributed by atoms with Crippen molar-refractivity contribution in [3.05, 3.63) is 47.8 Å². The van der Waals surface area contributed by atoms with E-state index in [-0.39, 0.29) is 38.0 Å². The minimum absolute atomic E-state index is 0.0181. The van der Waals surface area contributed by atoms with Crippen molar-refractivity contribution in [1.29, 1.82) is 0 Å². The highest BCUT2D eigenvalue weighted by atomic mass is 32.2. The van der Waals surface area contributed by atoms with Gasteiger partial charge in [0.15, 0.2) is 21.9 Å². The zero-order valence-electron chi connectivity index (χ0n) is 36.0. The van der Waals surface area contributed by atoms with Crippen LogP contribution in [-0.2, 0) is 19.2 Å². The average molecular weight is 833 g/mol. The van der Waals surface area contributed by atoms with Gasteiger partial charge in [0.25, 0.3) is 0 Å². The van der Waals surface area contributed by atoms with E-state index in [1.54, 1.807) is 26.8 Å². The first-order valence-electron chi connectivity index (χ1n) is 20.8. The number of halogens is 3. The van der Waals surface area contributed by atoms with Crippen molar-refractivity contribution in [3.8, 4) is 0 Å². The number of rotatable bonds is 12. The van der Waals surface area contributed by atoms with Gasteiger partial charge in [0.1, 0.15) is 5.82 Å². The highest BCUT2D eigenvalue weighted by molar-refractivity contribution is 8.14. The van der Waals surface area contributed by atoms with E-state index >= 15 is 0 Å². The summed E-state index contributed by atoms with van der Waals surface area (Å²) in [6.45, 7) is 19.4. The van der Waals surface area contributed by atoms with Gasteiger partial charge in [-0.1, -0.05) is 108 Å². The molecule has 2 aromatic carbocycles. The zero-order chi connectivity index (χ0) is 42.8. The lowest BCUT2D eigenvalue weighted by Crippen LogP contribution is -2.38. The maximum atomic E-state index is 14.0. The zero-order valence-corrected chi connectivity index (χ0v) is 37.7. The first-order valence-corrected chi connectivity index (χ1v) is 22.5. The summed E-state index contributed by atoms with van der Waals surface area (Å²) in [6.07, 6.45) is 13.4. The number of nitrogens with one attached hydrogen (secondary N) is 2. The molecule has 11 heteroatoms. The lowest BCUT2D eigenvalue weighted by Gasteiger charge is -2.36. The number of carbonyl (C=O) groups is 4. The van der Waals surface area contributed by atoms with Gasteiger partial charge in [-0.2, -0.15) is 0 Å². The van der Waals surface area contributed by atoms with Crippen LogP contribution in [0.2, 0.25) is 0 Å². The van der Waals surface area contributed by atoms with Gasteiger partial charge in [-0.3, -0.25) is 19.2 Å². The molecule has 2 aliphatic rings. The van der Waals surface area contributed by atoms with Gasteiger partial charge >= 0.3 is 0 Å². The molecule has 0 radical (unpaired) electrons. The molecule has 2 aliphatic carbocycles. The maximum Gasteiger partial charge on any atom is 0.230 e. The van der Waals surface area contributed by atoms with Crippen molar-refractivity contribution >= 4 is 56.9 Å². The molecule has 4 rings (SSSR count). The van der Waals surface area contributed by atoms with Crippen LogP contribution in [0.3, 0.4) is 0 Å². The smallest absolute Gasteiger partial charge is 0.230 e. The lowest BCUT2D eigenvalue weighted by molar-refractivity contribution is -0.128. The molecule has 2 fully saturated rings. The molecule has 0 bridgehead atoms. The summed E-state index contributed by atoms with van der Waals surface area (Å²) in [5.74, 6) is -1.56. The van der Waals surface area contributed by atoms with Gasteiger partial charge in [-0.25, -0.2) is 13.2 Å². The average Bonchev–Trinajstić information content (AvgIpc) is 3.13. The fourth-order valence-electron chi connectivity index (χ4n) is 7.18. The Labute approximate surface area is 348 Å². The number of carbonyl (C=O) groups excluding carboxylic acids is 4. The number of anilines is 2. The van der Waals surface area contributed by atoms with Gasteiger partial charge < -0.3 is 10.6 Å². The Balaban J connectivity index is 0.000000306. The van der Waals surface area contributed by atoms with E-state index in [0.29, 0.717) is 22.4 Å².